The van der Waals surface area contributed by atoms with Gasteiger partial charge in [-0.1, -0.05) is 12.1 Å². The molecule has 0 aliphatic carbocycles. The molecule has 0 fully saturated rings. The van der Waals surface area contributed by atoms with Crippen LogP contribution in [0.2, 0.25) is 0 Å². The van der Waals surface area contributed by atoms with Gasteiger partial charge in [0.2, 0.25) is 0 Å². The van der Waals surface area contributed by atoms with Gasteiger partial charge in [0, 0.05) is 5.69 Å². The first kappa shape index (κ1) is 11.9. The molecule has 0 aliphatic rings. The molecule has 0 saturated carbocycles. The molecule has 2 rings (SSSR count). The Hall–Kier alpha value is -2.56. The Balaban J connectivity index is 2.42. The summed E-state index contributed by atoms with van der Waals surface area (Å²) in [7, 11) is 0. The first-order chi connectivity index (χ1) is 8.58. The van der Waals surface area contributed by atoms with Crippen LogP contribution < -0.4 is 11.1 Å². The van der Waals surface area contributed by atoms with E-state index < -0.39 is 11.8 Å². The lowest BCUT2D eigenvalue weighted by molar-refractivity contribution is 0.0698. The van der Waals surface area contributed by atoms with Crippen LogP contribution in [0.25, 0.3) is 0 Å². The van der Waals surface area contributed by atoms with Gasteiger partial charge in [0.05, 0.1) is 16.9 Å². The van der Waals surface area contributed by atoms with E-state index in [2.05, 4.69) is 5.32 Å². The monoisotopic (exact) mass is 246 g/mol. The third-order valence-electron chi connectivity index (χ3n) is 2.42. The fraction of sp³-hybridized carbons (Fsp3) is 0. The Morgan fingerprint density at radius 1 is 1.22 bits per heavy atom. The maximum atomic E-state index is 13.0. The molecule has 2 aromatic carbocycles. The van der Waals surface area contributed by atoms with Crippen LogP contribution in [-0.2, 0) is 0 Å². The first-order valence-electron chi connectivity index (χ1n) is 5.22. The molecule has 0 atom stereocenters. The van der Waals surface area contributed by atoms with Gasteiger partial charge in [-0.3, -0.25) is 0 Å². The van der Waals surface area contributed by atoms with E-state index in [1.807, 2.05) is 0 Å². The van der Waals surface area contributed by atoms with Crippen molar-refractivity contribution in [2.45, 2.75) is 0 Å². The highest BCUT2D eigenvalue weighted by Crippen LogP contribution is 2.27. The normalized spacial score (nSPS) is 10.1. The third kappa shape index (κ3) is 2.40. The number of rotatable bonds is 3. The first-order valence-corrected chi connectivity index (χ1v) is 5.22. The van der Waals surface area contributed by atoms with Crippen molar-refractivity contribution < 1.29 is 14.3 Å². The van der Waals surface area contributed by atoms with Crippen molar-refractivity contribution in [1.82, 2.24) is 0 Å². The minimum atomic E-state index is -1.10. The van der Waals surface area contributed by atoms with Gasteiger partial charge in [-0.05, 0) is 30.3 Å². The average molecular weight is 246 g/mol. The molecule has 18 heavy (non-hydrogen) atoms. The SMILES string of the molecule is Nc1cccc(C(=O)O)c1Nc1cccc(F)c1. The molecule has 0 heterocycles. The van der Waals surface area contributed by atoms with Crippen LogP contribution in [0.5, 0.6) is 0 Å². The second-order valence-corrected chi connectivity index (χ2v) is 3.71. The molecule has 4 N–H and O–H groups in total. The van der Waals surface area contributed by atoms with E-state index in [4.69, 9.17) is 10.8 Å². The van der Waals surface area contributed by atoms with Gasteiger partial charge in [-0.2, -0.15) is 0 Å². The number of aromatic carboxylic acids is 1. The topological polar surface area (TPSA) is 75.4 Å². The van der Waals surface area contributed by atoms with E-state index >= 15 is 0 Å². The van der Waals surface area contributed by atoms with Crippen LogP contribution in [0.4, 0.5) is 21.5 Å². The fourth-order valence-corrected chi connectivity index (χ4v) is 1.60. The predicted octanol–water partition coefficient (Wildman–Crippen LogP) is 2.85. The Labute approximate surface area is 103 Å². The van der Waals surface area contributed by atoms with Crippen LogP contribution >= 0.6 is 0 Å². The van der Waals surface area contributed by atoms with Crippen LogP contribution in [0.3, 0.4) is 0 Å². The minimum Gasteiger partial charge on any atom is -0.478 e. The van der Waals surface area contributed by atoms with Crippen LogP contribution in [0.15, 0.2) is 42.5 Å². The Kier molecular flexibility index (Phi) is 3.14. The number of nitrogens with one attached hydrogen (secondary N) is 1. The second-order valence-electron chi connectivity index (χ2n) is 3.71. The van der Waals surface area contributed by atoms with Gasteiger partial charge < -0.3 is 16.2 Å². The van der Waals surface area contributed by atoms with Crippen LogP contribution in [0, 0.1) is 5.82 Å². The molecule has 0 spiro atoms. The number of anilines is 3. The maximum absolute atomic E-state index is 13.0. The number of hydrogen-bond acceptors (Lipinski definition) is 3. The molecule has 5 heteroatoms. The number of para-hydroxylation sites is 1. The zero-order valence-electron chi connectivity index (χ0n) is 9.35. The Morgan fingerprint density at radius 3 is 2.61 bits per heavy atom. The lowest BCUT2D eigenvalue weighted by Gasteiger charge is -2.12. The molecule has 0 amide bonds. The predicted molar refractivity (Wildman–Crippen MR) is 67.5 cm³/mol. The molecule has 92 valence electrons. The highest BCUT2D eigenvalue weighted by atomic mass is 19.1. The van der Waals surface area contributed by atoms with Gasteiger partial charge in [0.1, 0.15) is 5.82 Å². The summed E-state index contributed by atoms with van der Waals surface area (Å²) >= 11 is 0. The van der Waals surface area contributed by atoms with Crippen molar-refractivity contribution in [1.29, 1.82) is 0 Å². The average Bonchev–Trinajstić information content (AvgIpc) is 2.31. The van der Waals surface area contributed by atoms with Gasteiger partial charge in [-0.25, -0.2) is 9.18 Å². The number of hydrogen-bond donors (Lipinski definition) is 3. The number of halogens is 1. The van der Waals surface area contributed by atoms with Crippen molar-refractivity contribution in [2.24, 2.45) is 0 Å². The smallest absolute Gasteiger partial charge is 0.337 e. The van der Waals surface area contributed by atoms with E-state index in [1.165, 1.54) is 24.3 Å². The largest absolute Gasteiger partial charge is 0.478 e. The van der Waals surface area contributed by atoms with Crippen LogP contribution in [0.1, 0.15) is 10.4 Å². The molecule has 0 unspecified atom stereocenters. The van der Waals surface area contributed by atoms with E-state index in [0.29, 0.717) is 11.4 Å². The highest BCUT2D eigenvalue weighted by Gasteiger charge is 2.12. The maximum Gasteiger partial charge on any atom is 0.337 e. The molecular formula is C13H11FN2O2. The molecular weight excluding hydrogens is 235 g/mol. The van der Waals surface area contributed by atoms with Crippen molar-refractivity contribution >= 4 is 23.0 Å². The zero-order valence-corrected chi connectivity index (χ0v) is 9.35. The standard InChI is InChI=1S/C13H11FN2O2/c14-8-3-1-4-9(7-8)16-12-10(13(17)18)5-2-6-11(12)15/h1-7,16H,15H2,(H,17,18). The highest BCUT2D eigenvalue weighted by molar-refractivity contribution is 5.98. The molecule has 0 radical (unpaired) electrons. The molecule has 2 aromatic rings. The summed E-state index contributed by atoms with van der Waals surface area (Å²) < 4.78 is 13.0. The summed E-state index contributed by atoms with van der Waals surface area (Å²) in [5.74, 6) is -1.51. The summed E-state index contributed by atoms with van der Waals surface area (Å²) in [6.07, 6.45) is 0. The number of carboxylic acids is 1. The third-order valence-corrected chi connectivity index (χ3v) is 2.42. The Morgan fingerprint density at radius 2 is 1.94 bits per heavy atom. The Bertz CT molecular complexity index is 599. The number of nitrogens with two attached hydrogens (primary N) is 1. The number of carbonyl (C=O) groups is 1. The number of carboxylic acid groups (broad SMARTS) is 1. The van der Waals surface area contributed by atoms with Gasteiger partial charge in [0.15, 0.2) is 0 Å². The molecule has 0 saturated heterocycles. The van der Waals surface area contributed by atoms with Crippen molar-refractivity contribution in [3.8, 4) is 0 Å². The zero-order chi connectivity index (χ0) is 13.1. The van der Waals surface area contributed by atoms with E-state index in [9.17, 15) is 9.18 Å². The molecule has 0 aliphatic heterocycles. The quantitative estimate of drug-likeness (QED) is 0.728. The van der Waals surface area contributed by atoms with Gasteiger partial charge in [-0.15, -0.1) is 0 Å². The molecule has 0 bridgehead atoms. The van der Waals surface area contributed by atoms with Crippen LogP contribution in [-0.4, -0.2) is 11.1 Å². The van der Waals surface area contributed by atoms with Gasteiger partial charge >= 0.3 is 5.97 Å². The molecule has 0 aromatic heterocycles. The lowest BCUT2D eigenvalue weighted by Crippen LogP contribution is -2.05. The summed E-state index contributed by atoms with van der Waals surface area (Å²) in [5, 5.41) is 11.9. The summed E-state index contributed by atoms with van der Waals surface area (Å²) in [5.41, 5.74) is 6.76. The summed E-state index contributed by atoms with van der Waals surface area (Å²) in [6, 6.07) is 10.3. The number of benzene rings is 2. The van der Waals surface area contributed by atoms with Crippen molar-refractivity contribution in [3.05, 3.63) is 53.8 Å². The van der Waals surface area contributed by atoms with E-state index in [-0.39, 0.29) is 11.3 Å². The van der Waals surface area contributed by atoms with E-state index in [0.717, 1.165) is 0 Å². The fourth-order valence-electron chi connectivity index (χ4n) is 1.60. The lowest BCUT2D eigenvalue weighted by atomic mass is 10.1. The summed E-state index contributed by atoms with van der Waals surface area (Å²) in [6.45, 7) is 0. The number of nitrogen functional groups attached to an aromatic ring is 1. The van der Waals surface area contributed by atoms with Gasteiger partial charge in [0.25, 0.3) is 0 Å². The van der Waals surface area contributed by atoms with E-state index in [1.54, 1.807) is 18.2 Å². The minimum absolute atomic E-state index is 0.0410. The summed E-state index contributed by atoms with van der Waals surface area (Å²) in [4.78, 5) is 11.1. The molecule has 4 nitrogen and oxygen atoms in total. The second kappa shape index (κ2) is 4.75. The van der Waals surface area contributed by atoms with Crippen molar-refractivity contribution in [2.75, 3.05) is 11.1 Å². The van der Waals surface area contributed by atoms with Crippen molar-refractivity contribution in [3.63, 3.8) is 0 Å².